The van der Waals surface area contributed by atoms with Crippen LogP contribution in [0, 0.1) is 0 Å². The molecule has 2 rings (SSSR count). The van der Waals surface area contributed by atoms with Gasteiger partial charge < -0.3 is 36.9 Å². The molecule has 0 bridgehead atoms. The molecule has 1 heterocycles. The standard InChI is InChI=1S/C20H26N6O6/c21-14(7-13-8-22-11-24-13)18(29)26-16(10-27)19(30)23-9-17(28)25-15(20(31)32)6-12-4-2-1-3-5-12/h1-5,8,11,14-16,27H,6-7,9-10,21H2,(H,22,24)(H,23,30)(H,25,28)(H,26,29)(H,31,32). The SMILES string of the molecule is NC(Cc1cnc[nH]1)C(=O)NC(CO)C(=O)NCC(=O)NC(Cc1ccccc1)C(=O)O. The highest BCUT2D eigenvalue weighted by Crippen LogP contribution is 2.03. The summed E-state index contributed by atoms with van der Waals surface area (Å²) in [6, 6.07) is 5.24. The highest BCUT2D eigenvalue weighted by atomic mass is 16.4. The molecule has 0 aliphatic heterocycles. The van der Waals surface area contributed by atoms with Crippen molar-refractivity contribution >= 4 is 23.7 Å². The minimum Gasteiger partial charge on any atom is -0.480 e. The van der Waals surface area contributed by atoms with Crippen LogP contribution in [0.25, 0.3) is 0 Å². The van der Waals surface area contributed by atoms with E-state index in [1.54, 1.807) is 30.3 Å². The van der Waals surface area contributed by atoms with E-state index in [9.17, 15) is 29.4 Å². The number of nitrogens with one attached hydrogen (secondary N) is 4. The van der Waals surface area contributed by atoms with Gasteiger partial charge in [0.2, 0.25) is 17.7 Å². The molecule has 0 fully saturated rings. The van der Waals surface area contributed by atoms with Crippen molar-refractivity contribution in [1.29, 1.82) is 0 Å². The van der Waals surface area contributed by atoms with Crippen LogP contribution >= 0.6 is 0 Å². The lowest BCUT2D eigenvalue weighted by Crippen LogP contribution is -2.55. The number of H-pyrrole nitrogens is 1. The average Bonchev–Trinajstić information content (AvgIpc) is 3.28. The molecule has 0 spiro atoms. The molecular formula is C20H26N6O6. The monoisotopic (exact) mass is 446 g/mol. The maximum Gasteiger partial charge on any atom is 0.326 e. The Morgan fingerprint density at radius 1 is 1.03 bits per heavy atom. The van der Waals surface area contributed by atoms with Gasteiger partial charge in [0.25, 0.3) is 0 Å². The summed E-state index contributed by atoms with van der Waals surface area (Å²) in [5, 5.41) is 25.6. The molecule has 8 N–H and O–H groups in total. The smallest absolute Gasteiger partial charge is 0.326 e. The molecule has 3 atom stereocenters. The molecule has 3 unspecified atom stereocenters. The number of aliphatic carboxylic acids is 1. The fourth-order valence-electron chi connectivity index (χ4n) is 2.78. The Bertz CT molecular complexity index is 905. The Balaban J connectivity index is 1.82. The van der Waals surface area contributed by atoms with Crippen molar-refractivity contribution in [2.75, 3.05) is 13.2 Å². The van der Waals surface area contributed by atoms with Crippen molar-refractivity contribution < 1.29 is 29.4 Å². The van der Waals surface area contributed by atoms with Gasteiger partial charge in [0.15, 0.2) is 0 Å². The second kappa shape index (κ2) is 12.2. The first-order chi connectivity index (χ1) is 15.3. The lowest BCUT2D eigenvalue weighted by Gasteiger charge is -2.19. The summed E-state index contributed by atoms with van der Waals surface area (Å²) in [5.74, 6) is -3.45. The third-order valence-electron chi connectivity index (χ3n) is 4.49. The van der Waals surface area contributed by atoms with E-state index in [1.165, 1.54) is 12.5 Å². The number of carbonyl (C=O) groups excluding carboxylic acids is 3. The largest absolute Gasteiger partial charge is 0.480 e. The van der Waals surface area contributed by atoms with Crippen LogP contribution in [0.15, 0.2) is 42.9 Å². The number of aliphatic hydroxyl groups excluding tert-OH is 1. The van der Waals surface area contributed by atoms with E-state index in [0.717, 1.165) is 5.56 Å². The van der Waals surface area contributed by atoms with Gasteiger partial charge in [-0.3, -0.25) is 14.4 Å². The molecular weight excluding hydrogens is 420 g/mol. The molecule has 1 aromatic heterocycles. The summed E-state index contributed by atoms with van der Waals surface area (Å²) in [4.78, 5) is 54.5. The van der Waals surface area contributed by atoms with Gasteiger partial charge in [0.05, 0.1) is 25.5 Å². The van der Waals surface area contributed by atoms with Crippen molar-refractivity contribution in [3.8, 4) is 0 Å². The zero-order valence-corrected chi connectivity index (χ0v) is 17.2. The second-order valence-corrected chi connectivity index (χ2v) is 7.00. The van der Waals surface area contributed by atoms with Crippen molar-refractivity contribution in [3.05, 3.63) is 54.1 Å². The maximum absolute atomic E-state index is 12.2. The van der Waals surface area contributed by atoms with Crippen molar-refractivity contribution in [2.45, 2.75) is 31.0 Å². The average molecular weight is 446 g/mol. The van der Waals surface area contributed by atoms with E-state index in [0.29, 0.717) is 5.69 Å². The molecule has 0 aliphatic rings. The minimum atomic E-state index is -1.33. The predicted molar refractivity (Wildman–Crippen MR) is 112 cm³/mol. The molecule has 12 nitrogen and oxygen atoms in total. The summed E-state index contributed by atoms with van der Waals surface area (Å²) in [5.41, 5.74) is 7.13. The predicted octanol–water partition coefficient (Wildman–Crippen LogP) is -2.32. The van der Waals surface area contributed by atoms with Crippen molar-refractivity contribution in [3.63, 3.8) is 0 Å². The Hall–Kier alpha value is -3.77. The fourth-order valence-corrected chi connectivity index (χ4v) is 2.78. The van der Waals surface area contributed by atoms with Crippen LogP contribution < -0.4 is 21.7 Å². The normalized spacial score (nSPS) is 13.4. The van der Waals surface area contributed by atoms with Gasteiger partial charge in [-0.2, -0.15) is 0 Å². The number of nitrogens with zero attached hydrogens (tertiary/aromatic N) is 1. The number of nitrogens with two attached hydrogens (primary N) is 1. The number of aromatic amines is 1. The molecule has 0 saturated heterocycles. The van der Waals surface area contributed by atoms with Crippen LogP contribution in [-0.2, 0) is 32.0 Å². The van der Waals surface area contributed by atoms with Crippen LogP contribution in [0.5, 0.6) is 0 Å². The number of imidazole rings is 1. The van der Waals surface area contributed by atoms with Crippen molar-refractivity contribution in [2.24, 2.45) is 5.73 Å². The summed E-state index contributed by atoms with van der Waals surface area (Å²) >= 11 is 0. The highest BCUT2D eigenvalue weighted by Gasteiger charge is 2.25. The third-order valence-corrected chi connectivity index (χ3v) is 4.49. The Morgan fingerprint density at radius 2 is 1.75 bits per heavy atom. The van der Waals surface area contributed by atoms with Gasteiger partial charge >= 0.3 is 5.97 Å². The first-order valence-electron chi connectivity index (χ1n) is 9.78. The van der Waals surface area contributed by atoms with E-state index < -0.39 is 55.0 Å². The van der Waals surface area contributed by atoms with Crippen LogP contribution in [-0.4, -0.2) is 75.1 Å². The first kappa shape index (κ1) is 24.5. The Labute approximate surface area is 183 Å². The number of carboxylic acid groups (broad SMARTS) is 1. The third kappa shape index (κ3) is 7.81. The summed E-state index contributed by atoms with van der Waals surface area (Å²) in [7, 11) is 0. The molecule has 32 heavy (non-hydrogen) atoms. The van der Waals surface area contributed by atoms with Gasteiger partial charge in [0.1, 0.15) is 12.1 Å². The lowest BCUT2D eigenvalue weighted by molar-refractivity contribution is -0.141. The van der Waals surface area contributed by atoms with E-state index >= 15 is 0 Å². The van der Waals surface area contributed by atoms with Crippen LogP contribution in [0.2, 0.25) is 0 Å². The van der Waals surface area contributed by atoms with E-state index in [4.69, 9.17) is 5.73 Å². The highest BCUT2D eigenvalue weighted by molar-refractivity contribution is 5.92. The second-order valence-electron chi connectivity index (χ2n) is 7.00. The van der Waals surface area contributed by atoms with Crippen LogP contribution in [0.4, 0.5) is 0 Å². The lowest BCUT2D eigenvalue weighted by atomic mass is 10.1. The summed E-state index contributed by atoms with van der Waals surface area (Å²) < 4.78 is 0. The van der Waals surface area contributed by atoms with E-state index in [-0.39, 0.29) is 12.8 Å². The van der Waals surface area contributed by atoms with E-state index in [2.05, 4.69) is 25.9 Å². The van der Waals surface area contributed by atoms with Gasteiger partial charge in [-0.1, -0.05) is 30.3 Å². The molecule has 172 valence electrons. The number of amides is 3. The van der Waals surface area contributed by atoms with Gasteiger partial charge in [0, 0.05) is 24.7 Å². The minimum absolute atomic E-state index is 0.0689. The number of carbonyl (C=O) groups is 4. The quantitative estimate of drug-likeness (QED) is 0.188. The Morgan fingerprint density at radius 3 is 2.34 bits per heavy atom. The number of aromatic nitrogens is 2. The number of benzene rings is 1. The summed E-state index contributed by atoms with van der Waals surface area (Å²) in [6.45, 7) is -1.26. The number of rotatable bonds is 12. The number of hydrogen-bond donors (Lipinski definition) is 7. The molecule has 0 radical (unpaired) electrons. The van der Waals surface area contributed by atoms with Gasteiger partial charge in [-0.25, -0.2) is 9.78 Å². The summed E-state index contributed by atoms with van der Waals surface area (Å²) in [6.07, 6.45) is 3.15. The first-order valence-corrected chi connectivity index (χ1v) is 9.78. The number of carboxylic acids is 1. The Kier molecular flexibility index (Phi) is 9.32. The number of hydrogen-bond acceptors (Lipinski definition) is 7. The van der Waals surface area contributed by atoms with Gasteiger partial charge in [-0.15, -0.1) is 0 Å². The zero-order valence-electron chi connectivity index (χ0n) is 17.2. The number of aliphatic hydroxyl groups is 1. The van der Waals surface area contributed by atoms with Crippen LogP contribution in [0.3, 0.4) is 0 Å². The molecule has 0 saturated carbocycles. The topological polar surface area (TPSA) is 200 Å². The van der Waals surface area contributed by atoms with Crippen molar-refractivity contribution in [1.82, 2.24) is 25.9 Å². The molecule has 12 heteroatoms. The van der Waals surface area contributed by atoms with Crippen LogP contribution in [0.1, 0.15) is 11.3 Å². The molecule has 0 aliphatic carbocycles. The maximum atomic E-state index is 12.2. The molecule has 2 aromatic rings. The fraction of sp³-hybridized carbons (Fsp3) is 0.350. The molecule has 1 aromatic carbocycles. The molecule has 3 amide bonds. The van der Waals surface area contributed by atoms with E-state index in [1.807, 2.05) is 0 Å². The van der Waals surface area contributed by atoms with Gasteiger partial charge in [-0.05, 0) is 5.56 Å². The zero-order chi connectivity index (χ0) is 23.5.